The Morgan fingerprint density at radius 1 is 0.981 bits per heavy atom. The van der Waals surface area contributed by atoms with E-state index in [0.29, 0.717) is 50.3 Å². The van der Waals surface area contributed by atoms with E-state index in [1.807, 2.05) is 0 Å². The standard InChI is InChI=1S/C40H41ClN4O7S2/c1-6-51-38(49)33-29-19-20-45(39(50)52-40(3,4)5)23-32(29)54-37(33)44-34(46)24(2)53-28-17-12-16-27(22-28)42-36(48)31(21-26-15-10-11-18-30(26)41)43-35(47)25-13-8-7-9-14-25/h7-18,21-22,24H,6,19-20,23H2,1-5H3,(H,42,48)(H,43,47)(H,44,46)/b31-21+. The zero-order valence-corrected chi connectivity index (χ0v) is 32.9. The molecule has 0 saturated carbocycles. The molecular weight excluding hydrogens is 748 g/mol. The van der Waals surface area contributed by atoms with E-state index in [2.05, 4.69) is 16.0 Å². The quantitative estimate of drug-likeness (QED) is 0.0782. The van der Waals surface area contributed by atoms with Gasteiger partial charge < -0.3 is 30.3 Å². The number of nitrogens with one attached hydrogen (secondary N) is 3. The zero-order chi connectivity index (χ0) is 39.0. The summed E-state index contributed by atoms with van der Waals surface area (Å²) in [6.07, 6.45) is 1.47. The van der Waals surface area contributed by atoms with Crippen molar-refractivity contribution >= 4 is 81.2 Å². The number of anilines is 2. The molecule has 3 N–H and O–H groups in total. The summed E-state index contributed by atoms with van der Waals surface area (Å²) in [7, 11) is 0. The van der Waals surface area contributed by atoms with E-state index in [9.17, 15) is 24.0 Å². The number of amides is 4. The van der Waals surface area contributed by atoms with Crippen LogP contribution < -0.4 is 16.0 Å². The van der Waals surface area contributed by atoms with E-state index in [4.69, 9.17) is 21.1 Å². The molecule has 54 heavy (non-hydrogen) atoms. The molecule has 0 aliphatic carbocycles. The van der Waals surface area contributed by atoms with Gasteiger partial charge in [0.15, 0.2) is 0 Å². The number of rotatable bonds is 11. The minimum atomic E-state index is -0.654. The number of hydrogen-bond donors (Lipinski definition) is 3. The Labute approximate surface area is 327 Å². The lowest BCUT2D eigenvalue weighted by Crippen LogP contribution is -2.39. The van der Waals surface area contributed by atoms with Crippen LogP contribution in [0.2, 0.25) is 5.02 Å². The summed E-state index contributed by atoms with van der Waals surface area (Å²) in [6, 6.07) is 22.4. The Kier molecular flexibility index (Phi) is 13.2. The van der Waals surface area contributed by atoms with Crippen LogP contribution in [0.4, 0.5) is 15.5 Å². The summed E-state index contributed by atoms with van der Waals surface area (Å²) in [6.45, 7) is 9.61. The Balaban J connectivity index is 1.30. The zero-order valence-electron chi connectivity index (χ0n) is 30.5. The van der Waals surface area contributed by atoms with Crippen molar-refractivity contribution < 1.29 is 33.4 Å². The van der Waals surface area contributed by atoms with Crippen LogP contribution in [-0.2, 0) is 32.0 Å². The number of halogens is 1. The summed E-state index contributed by atoms with van der Waals surface area (Å²) in [4.78, 5) is 69.2. The van der Waals surface area contributed by atoms with Gasteiger partial charge in [0.2, 0.25) is 5.91 Å². The van der Waals surface area contributed by atoms with Crippen LogP contribution in [0.15, 0.2) is 89.5 Å². The maximum Gasteiger partial charge on any atom is 0.410 e. The molecule has 5 rings (SSSR count). The first-order valence-electron chi connectivity index (χ1n) is 17.2. The molecule has 1 aliphatic rings. The van der Waals surface area contributed by atoms with Crippen molar-refractivity contribution in [2.24, 2.45) is 0 Å². The summed E-state index contributed by atoms with van der Waals surface area (Å²) in [5, 5.41) is 8.61. The lowest BCUT2D eigenvalue weighted by molar-refractivity contribution is -0.115. The van der Waals surface area contributed by atoms with Crippen LogP contribution in [0.1, 0.15) is 71.3 Å². The topological polar surface area (TPSA) is 143 Å². The molecule has 1 unspecified atom stereocenters. The van der Waals surface area contributed by atoms with Crippen LogP contribution >= 0.6 is 34.7 Å². The normalized spacial score (nSPS) is 13.3. The molecule has 11 nitrogen and oxygen atoms in total. The third-order valence-electron chi connectivity index (χ3n) is 7.93. The number of esters is 1. The van der Waals surface area contributed by atoms with E-state index in [1.165, 1.54) is 29.2 Å². The predicted octanol–water partition coefficient (Wildman–Crippen LogP) is 8.40. The average Bonchev–Trinajstić information content (AvgIpc) is 3.49. The van der Waals surface area contributed by atoms with Crippen molar-refractivity contribution in [2.75, 3.05) is 23.8 Å². The molecule has 4 amide bonds. The number of nitrogens with zero attached hydrogens (tertiary/aromatic N) is 1. The number of fused-ring (bicyclic) bond motifs is 1. The number of hydrogen-bond acceptors (Lipinski definition) is 9. The second-order valence-electron chi connectivity index (χ2n) is 13.2. The molecule has 0 bridgehead atoms. The Hall–Kier alpha value is -5.11. The number of carbonyl (C=O) groups excluding carboxylic acids is 5. The van der Waals surface area contributed by atoms with Gasteiger partial charge >= 0.3 is 12.1 Å². The van der Waals surface area contributed by atoms with Crippen LogP contribution in [0, 0.1) is 0 Å². The van der Waals surface area contributed by atoms with Gasteiger partial charge in [0.05, 0.1) is 24.0 Å². The molecule has 282 valence electrons. The second-order valence-corrected chi connectivity index (χ2v) is 16.1. The number of thiophene rings is 1. The first kappa shape index (κ1) is 40.1. The summed E-state index contributed by atoms with van der Waals surface area (Å²) in [5.41, 5.74) is 1.73. The number of thioether (sulfide) groups is 1. The van der Waals surface area contributed by atoms with Gasteiger partial charge in [-0.1, -0.05) is 54.1 Å². The fraction of sp³-hybridized carbons (Fsp3) is 0.275. The highest BCUT2D eigenvalue weighted by Crippen LogP contribution is 2.39. The van der Waals surface area contributed by atoms with Crippen LogP contribution in [-0.4, -0.2) is 58.7 Å². The van der Waals surface area contributed by atoms with Crippen LogP contribution in [0.25, 0.3) is 6.08 Å². The van der Waals surface area contributed by atoms with Crippen LogP contribution in [0.5, 0.6) is 0 Å². The average molecular weight is 789 g/mol. The molecule has 1 aromatic heterocycles. The maximum absolute atomic E-state index is 13.6. The van der Waals surface area contributed by atoms with E-state index >= 15 is 0 Å². The van der Waals surface area contributed by atoms with Gasteiger partial charge in [-0.05, 0) is 94.6 Å². The predicted molar refractivity (Wildman–Crippen MR) is 213 cm³/mol. The molecule has 0 spiro atoms. The Morgan fingerprint density at radius 2 is 1.70 bits per heavy atom. The maximum atomic E-state index is 13.6. The summed E-state index contributed by atoms with van der Waals surface area (Å²) in [5.74, 6) is -1.93. The minimum absolute atomic E-state index is 0.0204. The van der Waals surface area contributed by atoms with Gasteiger partial charge in [0, 0.05) is 32.6 Å². The van der Waals surface area contributed by atoms with Gasteiger partial charge in [-0.2, -0.15) is 0 Å². The molecule has 1 atom stereocenters. The first-order valence-corrected chi connectivity index (χ1v) is 19.3. The number of ether oxygens (including phenoxy) is 2. The van der Waals surface area contributed by atoms with E-state index in [0.717, 1.165) is 10.4 Å². The summed E-state index contributed by atoms with van der Waals surface area (Å²) < 4.78 is 10.9. The first-order chi connectivity index (χ1) is 25.7. The second kappa shape index (κ2) is 17.8. The largest absolute Gasteiger partial charge is 0.462 e. The van der Waals surface area contributed by atoms with E-state index in [1.54, 1.807) is 118 Å². The van der Waals surface area contributed by atoms with Crippen molar-refractivity contribution in [1.82, 2.24) is 10.2 Å². The van der Waals surface area contributed by atoms with Crippen molar-refractivity contribution in [1.29, 1.82) is 0 Å². The highest BCUT2D eigenvalue weighted by atomic mass is 35.5. The highest BCUT2D eigenvalue weighted by Gasteiger charge is 2.33. The fourth-order valence-corrected chi connectivity index (χ4v) is 7.77. The molecule has 2 heterocycles. The molecule has 14 heteroatoms. The smallest absolute Gasteiger partial charge is 0.410 e. The van der Waals surface area contributed by atoms with Crippen molar-refractivity contribution in [3.63, 3.8) is 0 Å². The molecule has 1 aliphatic heterocycles. The van der Waals surface area contributed by atoms with Crippen molar-refractivity contribution in [3.8, 4) is 0 Å². The van der Waals surface area contributed by atoms with E-state index in [-0.39, 0.29) is 24.8 Å². The molecule has 0 radical (unpaired) electrons. The molecular formula is C40H41ClN4O7S2. The molecule has 4 aromatic rings. The molecule has 3 aromatic carbocycles. The van der Waals surface area contributed by atoms with Gasteiger partial charge in [0.25, 0.3) is 11.8 Å². The van der Waals surface area contributed by atoms with E-state index < -0.39 is 34.7 Å². The fourth-order valence-electron chi connectivity index (χ4n) is 5.40. The van der Waals surface area contributed by atoms with Crippen molar-refractivity contribution in [2.45, 2.75) is 63.3 Å². The molecule has 0 saturated heterocycles. The number of benzene rings is 3. The lowest BCUT2D eigenvalue weighted by atomic mass is 10.0. The Bertz CT molecular complexity index is 2080. The van der Waals surface area contributed by atoms with Crippen molar-refractivity contribution in [3.05, 3.63) is 117 Å². The minimum Gasteiger partial charge on any atom is -0.462 e. The SMILES string of the molecule is CCOC(=O)c1c(NC(=O)C(C)Sc2cccc(NC(=O)/C(=C\c3ccccc3Cl)NC(=O)c3ccccc3)c2)sc2c1CCN(C(=O)OC(C)(C)C)C2. The third-order valence-corrected chi connectivity index (χ3v) is 10.5. The van der Waals surface area contributed by atoms with Gasteiger partial charge in [-0.3, -0.25) is 14.4 Å². The van der Waals surface area contributed by atoms with Gasteiger partial charge in [0.1, 0.15) is 16.3 Å². The highest BCUT2D eigenvalue weighted by molar-refractivity contribution is 8.00. The number of carbonyl (C=O) groups is 5. The molecule has 0 fully saturated rings. The third kappa shape index (κ3) is 10.5. The lowest BCUT2D eigenvalue weighted by Gasteiger charge is -2.30. The van der Waals surface area contributed by atoms with Gasteiger partial charge in [-0.15, -0.1) is 23.1 Å². The van der Waals surface area contributed by atoms with Gasteiger partial charge in [-0.25, -0.2) is 9.59 Å². The Morgan fingerprint density at radius 3 is 2.41 bits per heavy atom. The summed E-state index contributed by atoms with van der Waals surface area (Å²) >= 11 is 8.86. The van der Waals surface area contributed by atoms with Crippen LogP contribution in [0.3, 0.4) is 0 Å². The monoisotopic (exact) mass is 788 g/mol.